The zero-order chi connectivity index (χ0) is 11.2. The van der Waals surface area contributed by atoms with Crippen molar-refractivity contribution in [1.29, 1.82) is 0 Å². The van der Waals surface area contributed by atoms with Gasteiger partial charge in [-0.2, -0.15) is 4.98 Å². The van der Waals surface area contributed by atoms with E-state index in [0.717, 1.165) is 18.9 Å². The number of ether oxygens (including phenoxy) is 1. The Morgan fingerprint density at radius 2 is 2.50 bits per heavy atom. The molecule has 1 aromatic rings. The molecule has 2 rings (SSSR count). The number of hydrogen-bond acceptors (Lipinski definition) is 5. The summed E-state index contributed by atoms with van der Waals surface area (Å²) < 4.78 is 5.29. The first-order chi connectivity index (χ1) is 7.88. The predicted octanol–water partition coefficient (Wildman–Crippen LogP) is 1.04. The van der Waals surface area contributed by atoms with E-state index in [9.17, 15) is 0 Å². The van der Waals surface area contributed by atoms with Crippen molar-refractivity contribution in [2.45, 2.75) is 25.8 Å². The highest BCUT2D eigenvalue weighted by atomic mass is 16.5. The van der Waals surface area contributed by atoms with Crippen LogP contribution in [0, 0.1) is 0 Å². The maximum absolute atomic E-state index is 5.29. The fraction of sp³-hybridized carbons (Fsp3) is 0.636. The minimum absolute atomic E-state index is 0.553. The summed E-state index contributed by atoms with van der Waals surface area (Å²) in [5, 5.41) is 6.69. The Labute approximate surface area is 95.6 Å². The highest BCUT2D eigenvalue weighted by Crippen LogP contribution is 2.10. The Hall–Kier alpha value is -1.36. The van der Waals surface area contributed by atoms with E-state index >= 15 is 0 Å². The van der Waals surface area contributed by atoms with Crippen LogP contribution in [0.25, 0.3) is 0 Å². The van der Waals surface area contributed by atoms with Crippen LogP contribution in [0.15, 0.2) is 12.4 Å². The SMILES string of the molecule is CCOc1cncc(NCC2CCCN2)n1. The lowest BCUT2D eigenvalue weighted by Crippen LogP contribution is -2.29. The van der Waals surface area contributed by atoms with E-state index in [1.165, 1.54) is 12.8 Å². The van der Waals surface area contributed by atoms with Crippen LogP contribution >= 0.6 is 0 Å². The molecule has 0 bridgehead atoms. The van der Waals surface area contributed by atoms with Gasteiger partial charge < -0.3 is 15.4 Å². The third kappa shape index (κ3) is 3.06. The molecular weight excluding hydrogens is 204 g/mol. The van der Waals surface area contributed by atoms with Crippen LogP contribution in [0.2, 0.25) is 0 Å². The third-order valence-corrected chi connectivity index (χ3v) is 2.60. The molecule has 1 aliphatic heterocycles. The highest BCUT2D eigenvalue weighted by Gasteiger charge is 2.13. The van der Waals surface area contributed by atoms with Crippen LogP contribution in [-0.4, -0.2) is 35.7 Å². The number of anilines is 1. The van der Waals surface area contributed by atoms with Crippen LogP contribution < -0.4 is 15.4 Å². The fourth-order valence-corrected chi connectivity index (χ4v) is 1.81. The van der Waals surface area contributed by atoms with E-state index in [1.54, 1.807) is 12.4 Å². The summed E-state index contributed by atoms with van der Waals surface area (Å²) in [6.07, 6.45) is 5.84. The van der Waals surface area contributed by atoms with Gasteiger partial charge in [0.15, 0.2) is 0 Å². The normalized spacial score (nSPS) is 19.7. The smallest absolute Gasteiger partial charge is 0.234 e. The van der Waals surface area contributed by atoms with Crippen molar-refractivity contribution in [3.8, 4) is 5.88 Å². The first kappa shape index (κ1) is 11.1. The summed E-state index contributed by atoms with van der Waals surface area (Å²) in [5.74, 6) is 1.35. The van der Waals surface area contributed by atoms with Crippen molar-refractivity contribution in [3.63, 3.8) is 0 Å². The zero-order valence-corrected chi connectivity index (χ0v) is 9.57. The Morgan fingerprint density at radius 1 is 1.56 bits per heavy atom. The third-order valence-electron chi connectivity index (χ3n) is 2.60. The summed E-state index contributed by atoms with van der Waals surface area (Å²) in [6, 6.07) is 0.553. The topological polar surface area (TPSA) is 59.1 Å². The van der Waals surface area contributed by atoms with Gasteiger partial charge in [-0.25, -0.2) is 0 Å². The van der Waals surface area contributed by atoms with Gasteiger partial charge in [-0.15, -0.1) is 0 Å². The summed E-state index contributed by atoms with van der Waals surface area (Å²) in [6.45, 7) is 4.56. The molecule has 1 saturated heterocycles. The predicted molar refractivity (Wildman–Crippen MR) is 62.7 cm³/mol. The molecule has 0 radical (unpaired) electrons. The second kappa shape index (κ2) is 5.65. The van der Waals surface area contributed by atoms with Crippen molar-refractivity contribution >= 4 is 5.82 Å². The molecule has 0 aromatic carbocycles. The lowest BCUT2D eigenvalue weighted by Gasteiger charge is -2.12. The molecule has 16 heavy (non-hydrogen) atoms. The van der Waals surface area contributed by atoms with E-state index in [2.05, 4.69) is 20.6 Å². The number of nitrogens with one attached hydrogen (secondary N) is 2. The van der Waals surface area contributed by atoms with Crippen molar-refractivity contribution in [2.24, 2.45) is 0 Å². The Balaban J connectivity index is 1.85. The lowest BCUT2D eigenvalue weighted by molar-refractivity contribution is 0.325. The van der Waals surface area contributed by atoms with Gasteiger partial charge in [0, 0.05) is 12.6 Å². The Morgan fingerprint density at radius 3 is 3.25 bits per heavy atom. The van der Waals surface area contributed by atoms with E-state index in [1.807, 2.05) is 6.92 Å². The summed E-state index contributed by atoms with van der Waals surface area (Å²) in [4.78, 5) is 8.38. The minimum Gasteiger partial charge on any atom is -0.477 e. The average Bonchev–Trinajstić information content (AvgIpc) is 2.80. The molecular formula is C11H18N4O. The summed E-state index contributed by atoms with van der Waals surface area (Å²) in [7, 11) is 0. The molecule has 5 heteroatoms. The second-order valence-corrected chi connectivity index (χ2v) is 3.85. The van der Waals surface area contributed by atoms with Gasteiger partial charge in [0.2, 0.25) is 5.88 Å². The minimum atomic E-state index is 0.553. The van der Waals surface area contributed by atoms with Crippen LogP contribution in [0.4, 0.5) is 5.82 Å². The molecule has 1 fully saturated rings. The van der Waals surface area contributed by atoms with Crippen molar-refractivity contribution in [2.75, 3.05) is 25.0 Å². The van der Waals surface area contributed by atoms with E-state index < -0.39 is 0 Å². The quantitative estimate of drug-likeness (QED) is 0.779. The monoisotopic (exact) mass is 222 g/mol. The summed E-state index contributed by atoms with van der Waals surface area (Å²) >= 11 is 0. The maximum Gasteiger partial charge on any atom is 0.234 e. The molecule has 2 heterocycles. The second-order valence-electron chi connectivity index (χ2n) is 3.85. The molecule has 0 aliphatic carbocycles. The Kier molecular flexibility index (Phi) is 3.93. The van der Waals surface area contributed by atoms with Crippen LogP contribution in [0.1, 0.15) is 19.8 Å². The highest BCUT2D eigenvalue weighted by molar-refractivity contribution is 5.33. The first-order valence-electron chi connectivity index (χ1n) is 5.80. The molecule has 5 nitrogen and oxygen atoms in total. The average molecular weight is 222 g/mol. The van der Waals surface area contributed by atoms with Crippen molar-refractivity contribution < 1.29 is 4.74 Å². The van der Waals surface area contributed by atoms with Gasteiger partial charge in [0.05, 0.1) is 19.0 Å². The Bertz CT molecular complexity index is 326. The molecule has 1 unspecified atom stereocenters. The van der Waals surface area contributed by atoms with Crippen LogP contribution in [0.3, 0.4) is 0 Å². The molecule has 1 atom stereocenters. The largest absolute Gasteiger partial charge is 0.477 e. The summed E-state index contributed by atoms with van der Waals surface area (Å²) in [5.41, 5.74) is 0. The van der Waals surface area contributed by atoms with Gasteiger partial charge in [-0.1, -0.05) is 0 Å². The molecule has 1 aromatic heterocycles. The number of aromatic nitrogens is 2. The fourth-order valence-electron chi connectivity index (χ4n) is 1.81. The van der Waals surface area contributed by atoms with Crippen LogP contribution in [-0.2, 0) is 0 Å². The zero-order valence-electron chi connectivity index (χ0n) is 9.57. The number of hydrogen-bond donors (Lipinski definition) is 2. The molecule has 1 aliphatic rings. The van der Waals surface area contributed by atoms with Crippen LogP contribution in [0.5, 0.6) is 5.88 Å². The molecule has 88 valence electrons. The van der Waals surface area contributed by atoms with Crippen molar-refractivity contribution in [1.82, 2.24) is 15.3 Å². The number of nitrogens with zero attached hydrogens (tertiary/aromatic N) is 2. The molecule has 0 spiro atoms. The first-order valence-corrected chi connectivity index (χ1v) is 5.80. The number of rotatable bonds is 5. The van der Waals surface area contributed by atoms with Gasteiger partial charge in [0.25, 0.3) is 0 Å². The molecule has 2 N–H and O–H groups in total. The van der Waals surface area contributed by atoms with E-state index in [0.29, 0.717) is 18.5 Å². The van der Waals surface area contributed by atoms with Gasteiger partial charge in [-0.05, 0) is 26.3 Å². The van der Waals surface area contributed by atoms with E-state index in [-0.39, 0.29) is 0 Å². The maximum atomic E-state index is 5.29. The lowest BCUT2D eigenvalue weighted by atomic mass is 10.2. The molecule has 0 amide bonds. The molecule has 0 saturated carbocycles. The van der Waals surface area contributed by atoms with E-state index in [4.69, 9.17) is 4.74 Å². The van der Waals surface area contributed by atoms with Gasteiger partial charge in [0.1, 0.15) is 5.82 Å². The van der Waals surface area contributed by atoms with Gasteiger partial charge in [-0.3, -0.25) is 4.98 Å². The van der Waals surface area contributed by atoms with Gasteiger partial charge >= 0.3 is 0 Å². The van der Waals surface area contributed by atoms with Crippen molar-refractivity contribution in [3.05, 3.63) is 12.4 Å². The standard InChI is InChI=1S/C11H18N4O/c1-2-16-11-8-12-7-10(15-11)14-6-9-4-3-5-13-9/h7-9,13H,2-6H2,1H3,(H,14,15).